The molecule has 1 heterocycles. The van der Waals surface area contributed by atoms with E-state index in [1.54, 1.807) is 0 Å². The van der Waals surface area contributed by atoms with Crippen molar-refractivity contribution in [1.29, 1.82) is 0 Å². The Morgan fingerprint density at radius 3 is 2.44 bits per heavy atom. The Morgan fingerprint density at radius 2 is 1.92 bits per heavy atom. The number of halogens is 3. The summed E-state index contributed by atoms with van der Waals surface area (Å²) in [5, 5.41) is 7.84. The van der Waals surface area contributed by atoms with Crippen LogP contribution >= 0.6 is 0 Å². The van der Waals surface area contributed by atoms with Gasteiger partial charge in [-0.25, -0.2) is 13.6 Å². The van der Waals surface area contributed by atoms with Crippen molar-refractivity contribution >= 4 is 15.7 Å². The minimum Gasteiger partial charge on any atom is -0.385 e. The Balaban J connectivity index is 2.21. The molecule has 0 spiro atoms. The van der Waals surface area contributed by atoms with Crippen molar-refractivity contribution in [2.75, 3.05) is 18.5 Å². The molecule has 1 aromatic carbocycles. The highest BCUT2D eigenvalue weighted by molar-refractivity contribution is 7.89. The lowest BCUT2D eigenvalue weighted by Crippen LogP contribution is -2.34. The zero-order valence-corrected chi connectivity index (χ0v) is 15.2. The van der Waals surface area contributed by atoms with Crippen molar-refractivity contribution in [3.8, 4) is 0 Å². The van der Waals surface area contributed by atoms with E-state index < -0.39 is 26.7 Å². The third kappa shape index (κ3) is 4.86. The third-order valence-electron chi connectivity index (χ3n) is 4.23. The van der Waals surface area contributed by atoms with Gasteiger partial charge < -0.3 is 10.1 Å². The molecule has 142 valence electrons. The second-order valence-corrected chi connectivity index (χ2v) is 8.87. The summed E-state index contributed by atoms with van der Waals surface area (Å²) < 4.78 is 67.9. The van der Waals surface area contributed by atoms with E-state index in [2.05, 4.69) is 26.1 Å². The van der Waals surface area contributed by atoms with Crippen LogP contribution in [0.1, 0.15) is 32.8 Å². The first-order valence-electron chi connectivity index (χ1n) is 7.89. The Hall–Kier alpha value is -1.32. The number of benzene rings is 1. The maximum Gasteiger partial charge on any atom is 0.417 e. The highest BCUT2D eigenvalue weighted by atomic mass is 32.2. The largest absolute Gasteiger partial charge is 0.417 e. The van der Waals surface area contributed by atoms with E-state index >= 15 is 0 Å². The van der Waals surface area contributed by atoms with E-state index in [-0.39, 0.29) is 23.1 Å². The van der Waals surface area contributed by atoms with Crippen LogP contribution in [-0.4, -0.2) is 27.7 Å². The molecule has 5 nitrogen and oxygen atoms in total. The molecule has 2 atom stereocenters. The summed E-state index contributed by atoms with van der Waals surface area (Å²) in [5.41, 5.74) is -1.15. The summed E-state index contributed by atoms with van der Waals surface area (Å²) in [7, 11) is -4.46. The molecule has 0 saturated carbocycles. The molecular formula is C16H23F3N2O3S. The minimum absolute atomic E-state index is 0.00535. The highest BCUT2D eigenvalue weighted by Gasteiger charge is 2.38. The Bertz CT molecular complexity index is 727. The van der Waals surface area contributed by atoms with E-state index in [0.29, 0.717) is 13.2 Å². The van der Waals surface area contributed by atoms with Crippen molar-refractivity contribution in [3.63, 3.8) is 0 Å². The van der Waals surface area contributed by atoms with Crippen molar-refractivity contribution < 1.29 is 26.3 Å². The second-order valence-electron chi connectivity index (χ2n) is 7.34. The summed E-state index contributed by atoms with van der Waals surface area (Å²) >= 11 is 0. The van der Waals surface area contributed by atoms with Crippen molar-refractivity contribution in [2.45, 2.75) is 44.4 Å². The summed E-state index contributed by atoms with van der Waals surface area (Å²) in [4.78, 5) is -0.928. The SMILES string of the molecule is CC(C)(C)C1OCCC1CNc1ccc(S(N)(=O)=O)c(C(F)(F)F)c1. The topological polar surface area (TPSA) is 81.4 Å². The molecule has 0 radical (unpaired) electrons. The van der Waals surface area contributed by atoms with Gasteiger partial charge in [-0.1, -0.05) is 20.8 Å². The smallest absolute Gasteiger partial charge is 0.385 e. The van der Waals surface area contributed by atoms with Crippen LogP contribution in [0.15, 0.2) is 23.1 Å². The maximum atomic E-state index is 13.2. The number of hydrogen-bond donors (Lipinski definition) is 2. The van der Waals surface area contributed by atoms with Gasteiger partial charge in [0.1, 0.15) is 0 Å². The molecule has 0 aliphatic carbocycles. The van der Waals surface area contributed by atoms with Crippen LogP contribution in [-0.2, 0) is 20.9 Å². The lowest BCUT2D eigenvalue weighted by molar-refractivity contribution is -0.139. The van der Waals surface area contributed by atoms with Crippen LogP contribution < -0.4 is 10.5 Å². The predicted molar refractivity (Wildman–Crippen MR) is 88.6 cm³/mol. The van der Waals surface area contributed by atoms with Gasteiger partial charge in [0.2, 0.25) is 10.0 Å². The number of nitrogens with two attached hydrogens (primary N) is 1. The lowest BCUT2D eigenvalue weighted by Gasteiger charge is -2.31. The van der Waals surface area contributed by atoms with Gasteiger partial charge in [-0.15, -0.1) is 0 Å². The number of rotatable bonds is 4. The molecule has 1 aliphatic rings. The zero-order valence-electron chi connectivity index (χ0n) is 14.4. The van der Waals surface area contributed by atoms with Gasteiger partial charge in [0.25, 0.3) is 0 Å². The first-order valence-corrected chi connectivity index (χ1v) is 9.44. The molecule has 1 aromatic rings. The van der Waals surface area contributed by atoms with Gasteiger partial charge in [0.15, 0.2) is 0 Å². The van der Waals surface area contributed by atoms with Gasteiger partial charge in [-0.05, 0) is 30.0 Å². The highest BCUT2D eigenvalue weighted by Crippen LogP contribution is 2.37. The fourth-order valence-corrected chi connectivity index (χ4v) is 3.90. The molecule has 1 saturated heterocycles. The van der Waals surface area contributed by atoms with Crippen LogP contribution in [0.4, 0.5) is 18.9 Å². The number of hydrogen-bond acceptors (Lipinski definition) is 4. The van der Waals surface area contributed by atoms with Crippen molar-refractivity contribution in [3.05, 3.63) is 23.8 Å². The molecule has 0 aromatic heterocycles. The van der Waals surface area contributed by atoms with Crippen LogP contribution in [0.25, 0.3) is 0 Å². The summed E-state index contributed by atoms with van der Waals surface area (Å²) in [5.74, 6) is 0.159. The predicted octanol–water partition coefficient (Wildman–Crippen LogP) is 3.22. The van der Waals surface area contributed by atoms with Crippen LogP contribution in [0.5, 0.6) is 0 Å². The van der Waals surface area contributed by atoms with Crippen LogP contribution in [0.2, 0.25) is 0 Å². The Labute approximate surface area is 145 Å². The molecule has 1 fully saturated rings. The average Bonchev–Trinajstić information content (AvgIpc) is 2.91. The van der Waals surface area contributed by atoms with Crippen LogP contribution in [0.3, 0.4) is 0 Å². The molecule has 3 N–H and O–H groups in total. The van der Waals surface area contributed by atoms with E-state index in [1.165, 1.54) is 6.07 Å². The number of nitrogens with one attached hydrogen (secondary N) is 1. The molecule has 2 rings (SSSR count). The monoisotopic (exact) mass is 380 g/mol. The normalized spacial score (nSPS) is 22.2. The number of alkyl halides is 3. The quantitative estimate of drug-likeness (QED) is 0.840. The fraction of sp³-hybridized carbons (Fsp3) is 0.625. The molecule has 0 bridgehead atoms. The minimum atomic E-state index is -4.82. The lowest BCUT2D eigenvalue weighted by atomic mass is 9.81. The number of primary sulfonamides is 1. The van der Waals surface area contributed by atoms with E-state index in [0.717, 1.165) is 18.6 Å². The number of anilines is 1. The van der Waals surface area contributed by atoms with E-state index in [4.69, 9.17) is 9.88 Å². The van der Waals surface area contributed by atoms with Gasteiger partial charge in [-0.3, -0.25) is 0 Å². The molecule has 1 aliphatic heterocycles. The maximum absolute atomic E-state index is 13.2. The average molecular weight is 380 g/mol. The molecule has 0 amide bonds. The summed E-state index contributed by atoms with van der Waals surface area (Å²) in [6, 6.07) is 2.95. The Morgan fingerprint density at radius 1 is 1.28 bits per heavy atom. The van der Waals surface area contributed by atoms with E-state index in [1.807, 2.05) is 0 Å². The third-order valence-corrected chi connectivity index (χ3v) is 5.20. The van der Waals surface area contributed by atoms with E-state index in [9.17, 15) is 21.6 Å². The first kappa shape index (κ1) is 20.0. The van der Waals surface area contributed by atoms with Crippen LogP contribution in [0, 0.1) is 11.3 Å². The standard InChI is InChI=1S/C16H23F3N2O3S/c1-15(2,3)14-10(6-7-24-14)9-21-11-4-5-13(25(20,22)23)12(8-11)16(17,18)19/h4-5,8,10,14,21H,6-7,9H2,1-3H3,(H2,20,22,23). The first-order chi connectivity index (χ1) is 11.3. The number of sulfonamides is 1. The molecule has 25 heavy (non-hydrogen) atoms. The summed E-state index contributed by atoms with van der Waals surface area (Å²) in [6.45, 7) is 7.22. The van der Waals surface area contributed by atoms with Gasteiger partial charge in [-0.2, -0.15) is 13.2 Å². The Kier molecular flexibility index (Phi) is 5.42. The molecular weight excluding hydrogens is 357 g/mol. The van der Waals surface area contributed by atoms with Gasteiger partial charge >= 0.3 is 6.18 Å². The zero-order chi connectivity index (χ0) is 19.0. The number of ether oxygens (including phenoxy) is 1. The van der Waals surface area contributed by atoms with Gasteiger partial charge in [0.05, 0.1) is 16.6 Å². The fourth-order valence-electron chi connectivity index (χ4n) is 3.16. The summed E-state index contributed by atoms with van der Waals surface area (Å²) in [6.07, 6.45) is -3.99. The van der Waals surface area contributed by atoms with Crippen molar-refractivity contribution in [2.24, 2.45) is 16.5 Å². The molecule has 9 heteroatoms. The van der Waals surface area contributed by atoms with Crippen molar-refractivity contribution in [1.82, 2.24) is 0 Å². The van der Waals surface area contributed by atoms with Gasteiger partial charge in [0, 0.05) is 24.8 Å². The molecule has 2 unspecified atom stereocenters. The second kappa shape index (κ2) is 6.77.